The summed E-state index contributed by atoms with van der Waals surface area (Å²) in [7, 11) is 1.07. The molecule has 0 radical (unpaired) electrons. The quantitative estimate of drug-likeness (QED) is 0.258. The maximum absolute atomic E-state index is 12.9. The first-order chi connectivity index (χ1) is 19.2. The van der Waals surface area contributed by atoms with Gasteiger partial charge in [0.15, 0.2) is 11.7 Å². The Morgan fingerprint density at radius 3 is 2.02 bits per heavy atom. The molecule has 2 rings (SSSR count). The molecular weight excluding hydrogens is 544 g/mol. The van der Waals surface area contributed by atoms with Crippen LogP contribution in [0.5, 0.6) is 0 Å². The van der Waals surface area contributed by atoms with Crippen molar-refractivity contribution < 1.29 is 52.1 Å². The van der Waals surface area contributed by atoms with Crippen molar-refractivity contribution in [1.82, 2.24) is 15.6 Å². The number of hydrogen-bond acceptors (Lipinski definition) is 12. The van der Waals surface area contributed by atoms with Crippen LogP contribution in [-0.4, -0.2) is 78.8 Å². The molecule has 0 spiro atoms. The molecule has 0 aliphatic rings. The van der Waals surface area contributed by atoms with E-state index in [1.807, 2.05) is 0 Å². The first-order valence-electron chi connectivity index (χ1n) is 12.2. The van der Waals surface area contributed by atoms with Crippen LogP contribution >= 0.6 is 0 Å². The zero-order chi connectivity index (χ0) is 30.7. The average Bonchev–Trinajstić information content (AvgIpc) is 3.38. The monoisotopic (exact) mass is 576 g/mol. The van der Waals surface area contributed by atoms with E-state index in [1.54, 1.807) is 45.0 Å². The van der Waals surface area contributed by atoms with Crippen LogP contribution in [0.1, 0.15) is 45.1 Å². The van der Waals surface area contributed by atoms with Crippen molar-refractivity contribution in [2.24, 2.45) is 0 Å². The van der Waals surface area contributed by atoms with Gasteiger partial charge in [0.2, 0.25) is 11.8 Å². The summed E-state index contributed by atoms with van der Waals surface area (Å²) in [5.74, 6) is -4.06. The van der Waals surface area contributed by atoms with E-state index in [2.05, 4.69) is 25.7 Å². The van der Waals surface area contributed by atoms with Crippen LogP contribution in [0.2, 0.25) is 0 Å². The fourth-order valence-corrected chi connectivity index (χ4v) is 3.03. The van der Waals surface area contributed by atoms with Crippen LogP contribution in [0, 0.1) is 0 Å². The third-order valence-corrected chi connectivity index (χ3v) is 4.84. The molecule has 15 heteroatoms. The molecule has 0 bridgehead atoms. The van der Waals surface area contributed by atoms with Gasteiger partial charge in [0, 0.05) is 25.1 Å². The SMILES string of the molecule is COC(=O)[C@H](COC(C)=O)NC(=O)C(COC(C)=O)NC(=O)c1coc(-c2ccc(NC(=O)OC(C)(C)C)cc2)n1. The molecule has 1 heterocycles. The average molecular weight is 577 g/mol. The zero-order valence-electron chi connectivity index (χ0n) is 23.4. The lowest BCUT2D eigenvalue weighted by Crippen LogP contribution is -2.55. The van der Waals surface area contributed by atoms with E-state index in [9.17, 15) is 28.8 Å². The molecule has 0 aliphatic carbocycles. The number of anilines is 1. The lowest BCUT2D eigenvalue weighted by atomic mass is 10.2. The predicted octanol–water partition coefficient (Wildman–Crippen LogP) is 1.57. The molecule has 0 fully saturated rings. The van der Waals surface area contributed by atoms with Crippen molar-refractivity contribution in [2.45, 2.75) is 52.3 Å². The normalized spacial score (nSPS) is 12.2. The summed E-state index contributed by atoms with van der Waals surface area (Å²) in [6, 6.07) is 3.49. The lowest BCUT2D eigenvalue weighted by molar-refractivity contribution is -0.152. The van der Waals surface area contributed by atoms with Gasteiger partial charge in [0.25, 0.3) is 5.91 Å². The van der Waals surface area contributed by atoms with Crippen molar-refractivity contribution in [2.75, 3.05) is 25.6 Å². The van der Waals surface area contributed by atoms with E-state index >= 15 is 0 Å². The molecule has 1 aromatic carbocycles. The minimum absolute atomic E-state index is 0.0621. The molecule has 1 unspecified atom stereocenters. The summed E-state index contributed by atoms with van der Waals surface area (Å²) in [5, 5.41) is 7.23. The van der Waals surface area contributed by atoms with Crippen molar-refractivity contribution in [3.8, 4) is 11.5 Å². The van der Waals surface area contributed by atoms with Gasteiger partial charge < -0.3 is 34.0 Å². The van der Waals surface area contributed by atoms with Crippen LogP contribution in [0.25, 0.3) is 11.5 Å². The summed E-state index contributed by atoms with van der Waals surface area (Å²) < 4.78 is 24.8. The number of benzene rings is 1. The number of hydrogen-bond donors (Lipinski definition) is 3. The Hall–Kier alpha value is -4.95. The molecule has 222 valence electrons. The number of rotatable bonds is 11. The predicted molar refractivity (Wildman–Crippen MR) is 140 cm³/mol. The van der Waals surface area contributed by atoms with Gasteiger partial charge in [-0.05, 0) is 45.0 Å². The highest BCUT2D eigenvalue weighted by atomic mass is 16.6. The molecule has 0 saturated carbocycles. The fourth-order valence-electron chi connectivity index (χ4n) is 3.03. The van der Waals surface area contributed by atoms with Crippen molar-refractivity contribution in [3.05, 3.63) is 36.2 Å². The number of nitrogens with one attached hydrogen (secondary N) is 3. The molecule has 0 aliphatic heterocycles. The summed E-state index contributed by atoms with van der Waals surface area (Å²) in [5.41, 5.74) is 0.0513. The number of aromatic nitrogens is 1. The van der Waals surface area contributed by atoms with Gasteiger partial charge in [-0.1, -0.05) is 0 Å². The Morgan fingerprint density at radius 1 is 0.902 bits per heavy atom. The van der Waals surface area contributed by atoms with Crippen molar-refractivity contribution >= 4 is 41.5 Å². The second kappa shape index (κ2) is 14.4. The molecule has 2 aromatic rings. The zero-order valence-corrected chi connectivity index (χ0v) is 23.4. The Morgan fingerprint density at radius 2 is 1.49 bits per heavy atom. The highest BCUT2D eigenvalue weighted by molar-refractivity contribution is 5.97. The highest BCUT2D eigenvalue weighted by Gasteiger charge is 2.30. The summed E-state index contributed by atoms with van der Waals surface area (Å²) in [4.78, 5) is 76.2. The van der Waals surface area contributed by atoms with Gasteiger partial charge in [-0.3, -0.25) is 24.5 Å². The molecule has 0 saturated heterocycles. The van der Waals surface area contributed by atoms with Crippen LogP contribution in [0.15, 0.2) is 34.9 Å². The standard InChI is InChI=1S/C26H32N4O11/c1-14(31)38-11-18(21(33)29-20(24(35)37-6)13-39-15(2)32)28-22(34)19-12-40-23(30-19)16-7-9-17(10-8-16)27-25(36)41-26(3,4)5/h7-10,12,18,20H,11,13H2,1-6H3,(H,27,36)(H,28,34)(H,29,33)/t18?,20-/m0/s1. The third kappa shape index (κ3) is 11.0. The summed E-state index contributed by atoms with van der Waals surface area (Å²) in [6.45, 7) is 6.33. The number of esters is 3. The molecule has 3 N–H and O–H groups in total. The van der Waals surface area contributed by atoms with Crippen LogP contribution < -0.4 is 16.0 Å². The molecule has 41 heavy (non-hydrogen) atoms. The van der Waals surface area contributed by atoms with E-state index in [0.717, 1.165) is 27.2 Å². The molecular formula is C26H32N4O11. The van der Waals surface area contributed by atoms with Gasteiger partial charge in [0.05, 0.1) is 7.11 Å². The molecule has 3 amide bonds. The number of carbonyl (C=O) groups is 6. The van der Waals surface area contributed by atoms with Gasteiger partial charge in [0.1, 0.15) is 31.1 Å². The second-order valence-corrected chi connectivity index (χ2v) is 9.46. The first-order valence-corrected chi connectivity index (χ1v) is 12.2. The Bertz CT molecular complexity index is 1260. The van der Waals surface area contributed by atoms with E-state index in [-0.39, 0.29) is 11.6 Å². The van der Waals surface area contributed by atoms with E-state index in [0.29, 0.717) is 11.3 Å². The Labute approximate surface area is 235 Å². The van der Waals surface area contributed by atoms with Gasteiger partial charge >= 0.3 is 24.0 Å². The number of oxazole rings is 1. The number of methoxy groups -OCH3 is 1. The smallest absolute Gasteiger partial charge is 0.412 e. The van der Waals surface area contributed by atoms with Crippen molar-refractivity contribution in [1.29, 1.82) is 0 Å². The van der Waals surface area contributed by atoms with E-state index in [1.165, 1.54) is 0 Å². The van der Waals surface area contributed by atoms with Gasteiger partial charge in [-0.15, -0.1) is 0 Å². The Balaban J connectivity index is 2.12. The van der Waals surface area contributed by atoms with Crippen LogP contribution in [0.4, 0.5) is 10.5 Å². The van der Waals surface area contributed by atoms with E-state index < -0.39 is 66.7 Å². The number of nitrogens with zero attached hydrogens (tertiary/aromatic N) is 1. The topological polar surface area (TPSA) is 201 Å². The maximum atomic E-state index is 12.9. The number of amides is 3. The fraction of sp³-hybridized carbons (Fsp3) is 0.423. The molecule has 2 atom stereocenters. The Kier molecular flexibility index (Phi) is 11.4. The molecule has 15 nitrogen and oxygen atoms in total. The minimum Gasteiger partial charge on any atom is -0.467 e. The molecule has 1 aromatic heterocycles. The minimum atomic E-state index is -1.46. The first kappa shape index (κ1) is 32.3. The number of carbonyl (C=O) groups excluding carboxylic acids is 6. The van der Waals surface area contributed by atoms with E-state index in [4.69, 9.17) is 18.6 Å². The largest absolute Gasteiger partial charge is 0.467 e. The summed E-state index contributed by atoms with van der Waals surface area (Å²) in [6.07, 6.45) is 0.424. The van der Waals surface area contributed by atoms with Crippen molar-refractivity contribution in [3.63, 3.8) is 0 Å². The second-order valence-electron chi connectivity index (χ2n) is 9.46. The van der Waals surface area contributed by atoms with Crippen LogP contribution in [0.3, 0.4) is 0 Å². The highest BCUT2D eigenvalue weighted by Crippen LogP contribution is 2.21. The maximum Gasteiger partial charge on any atom is 0.412 e. The summed E-state index contributed by atoms with van der Waals surface area (Å²) >= 11 is 0. The van der Waals surface area contributed by atoms with Crippen LogP contribution in [-0.2, 0) is 38.1 Å². The third-order valence-electron chi connectivity index (χ3n) is 4.84. The number of ether oxygens (including phenoxy) is 4. The van der Waals surface area contributed by atoms with Gasteiger partial charge in [-0.2, -0.15) is 0 Å². The lowest BCUT2D eigenvalue weighted by Gasteiger charge is -2.21. The van der Waals surface area contributed by atoms with Gasteiger partial charge in [-0.25, -0.2) is 14.6 Å².